The molecule has 0 saturated heterocycles. The summed E-state index contributed by atoms with van der Waals surface area (Å²) in [7, 11) is 0. The molecule has 0 aromatic rings. The third-order valence-corrected chi connectivity index (χ3v) is 2.37. The molecule has 0 radical (unpaired) electrons. The van der Waals surface area contributed by atoms with Crippen molar-refractivity contribution in [3.8, 4) is 0 Å². The SMILES string of the molecule is CCCC(C)C(=O)NCC(C)C(N)=NO. The molecule has 1 amide bonds. The van der Waals surface area contributed by atoms with Crippen LogP contribution in [0.15, 0.2) is 5.16 Å². The monoisotopic (exact) mass is 215 g/mol. The first-order valence-corrected chi connectivity index (χ1v) is 5.28. The molecule has 5 nitrogen and oxygen atoms in total. The highest BCUT2D eigenvalue weighted by molar-refractivity contribution is 5.83. The Kier molecular flexibility index (Phi) is 6.49. The predicted octanol–water partition coefficient (Wildman–Crippen LogP) is 0.921. The average molecular weight is 215 g/mol. The first-order chi connectivity index (χ1) is 7.02. The minimum absolute atomic E-state index is 0.0226. The molecule has 2 atom stereocenters. The predicted molar refractivity (Wildman–Crippen MR) is 59.7 cm³/mol. The molecule has 0 fully saturated rings. The Hall–Kier alpha value is -1.26. The first kappa shape index (κ1) is 13.7. The van der Waals surface area contributed by atoms with Crippen LogP contribution in [-0.4, -0.2) is 23.5 Å². The van der Waals surface area contributed by atoms with Crippen molar-refractivity contribution >= 4 is 11.7 Å². The second-order valence-electron chi connectivity index (χ2n) is 3.86. The van der Waals surface area contributed by atoms with Gasteiger partial charge in [0.15, 0.2) is 0 Å². The Bertz CT molecular complexity index is 229. The van der Waals surface area contributed by atoms with Gasteiger partial charge in [0.1, 0.15) is 5.84 Å². The zero-order valence-electron chi connectivity index (χ0n) is 9.66. The van der Waals surface area contributed by atoms with Crippen molar-refractivity contribution in [2.75, 3.05) is 6.54 Å². The third kappa shape index (κ3) is 5.24. The van der Waals surface area contributed by atoms with E-state index in [2.05, 4.69) is 10.5 Å². The highest BCUT2D eigenvalue weighted by Crippen LogP contribution is 2.04. The van der Waals surface area contributed by atoms with Crippen LogP contribution in [0.2, 0.25) is 0 Å². The normalized spacial score (nSPS) is 15.8. The Labute approximate surface area is 90.7 Å². The minimum atomic E-state index is -0.146. The van der Waals surface area contributed by atoms with E-state index in [9.17, 15) is 4.79 Å². The van der Waals surface area contributed by atoms with Crippen molar-refractivity contribution in [2.24, 2.45) is 22.7 Å². The van der Waals surface area contributed by atoms with Gasteiger partial charge in [0.05, 0.1) is 0 Å². The van der Waals surface area contributed by atoms with Gasteiger partial charge < -0.3 is 16.3 Å². The molecule has 5 heteroatoms. The van der Waals surface area contributed by atoms with E-state index in [4.69, 9.17) is 10.9 Å². The van der Waals surface area contributed by atoms with Crippen molar-refractivity contribution in [1.29, 1.82) is 0 Å². The van der Waals surface area contributed by atoms with Gasteiger partial charge in [-0.3, -0.25) is 4.79 Å². The fourth-order valence-corrected chi connectivity index (χ4v) is 1.20. The number of rotatable bonds is 6. The van der Waals surface area contributed by atoms with Gasteiger partial charge in [-0.05, 0) is 6.42 Å². The highest BCUT2D eigenvalue weighted by Gasteiger charge is 2.14. The molecule has 0 bridgehead atoms. The van der Waals surface area contributed by atoms with Gasteiger partial charge in [-0.1, -0.05) is 32.3 Å². The van der Waals surface area contributed by atoms with Crippen LogP contribution in [0.1, 0.15) is 33.6 Å². The standard InChI is InChI=1S/C10H21N3O2/c1-4-5-7(2)10(14)12-6-8(3)9(11)13-15/h7-8,15H,4-6H2,1-3H3,(H2,11,13)(H,12,14). The summed E-state index contributed by atoms with van der Waals surface area (Å²) in [5, 5.41) is 14.1. The molecule has 0 saturated carbocycles. The molecule has 4 N–H and O–H groups in total. The van der Waals surface area contributed by atoms with E-state index in [0.717, 1.165) is 12.8 Å². The number of nitrogens with two attached hydrogens (primary N) is 1. The summed E-state index contributed by atoms with van der Waals surface area (Å²) < 4.78 is 0. The van der Waals surface area contributed by atoms with Crippen LogP contribution in [0.3, 0.4) is 0 Å². The summed E-state index contributed by atoms with van der Waals surface area (Å²) in [6.45, 7) is 6.14. The maximum atomic E-state index is 11.5. The molecule has 0 aliphatic heterocycles. The summed E-state index contributed by atoms with van der Waals surface area (Å²) in [5.74, 6) is 0.0372. The van der Waals surface area contributed by atoms with Gasteiger partial charge in [-0.25, -0.2) is 0 Å². The fourth-order valence-electron chi connectivity index (χ4n) is 1.20. The Morgan fingerprint density at radius 3 is 2.53 bits per heavy atom. The van der Waals surface area contributed by atoms with Gasteiger partial charge in [-0.2, -0.15) is 0 Å². The van der Waals surface area contributed by atoms with Crippen LogP contribution in [0.4, 0.5) is 0 Å². The van der Waals surface area contributed by atoms with Crippen molar-refractivity contribution in [2.45, 2.75) is 33.6 Å². The molecular weight excluding hydrogens is 194 g/mol. The lowest BCUT2D eigenvalue weighted by Crippen LogP contribution is -2.37. The van der Waals surface area contributed by atoms with Crippen molar-refractivity contribution in [1.82, 2.24) is 5.32 Å². The Balaban J connectivity index is 3.90. The lowest BCUT2D eigenvalue weighted by molar-refractivity contribution is -0.124. The molecule has 0 aromatic heterocycles. The van der Waals surface area contributed by atoms with E-state index in [1.165, 1.54) is 0 Å². The summed E-state index contributed by atoms with van der Waals surface area (Å²) in [6.07, 6.45) is 1.87. The number of carbonyl (C=O) groups excluding carboxylic acids is 1. The number of oxime groups is 1. The number of nitrogens with zero attached hydrogens (tertiary/aromatic N) is 1. The summed E-state index contributed by atoms with van der Waals surface area (Å²) in [4.78, 5) is 11.5. The van der Waals surface area contributed by atoms with Crippen molar-refractivity contribution < 1.29 is 10.0 Å². The molecule has 0 aliphatic rings. The maximum absolute atomic E-state index is 11.5. The molecule has 0 rings (SSSR count). The maximum Gasteiger partial charge on any atom is 0.222 e. The zero-order valence-corrected chi connectivity index (χ0v) is 9.66. The Morgan fingerprint density at radius 2 is 2.07 bits per heavy atom. The molecule has 0 heterocycles. The Morgan fingerprint density at radius 1 is 1.47 bits per heavy atom. The lowest BCUT2D eigenvalue weighted by Gasteiger charge is -2.14. The van der Waals surface area contributed by atoms with Crippen molar-refractivity contribution in [3.05, 3.63) is 0 Å². The lowest BCUT2D eigenvalue weighted by atomic mass is 10.0. The van der Waals surface area contributed by atoms with Crippen LogP contribution >= 0.6 is 0 Å². The van der Waals surface area contributed by atoms with Gasteiger partial charge in [-0.15, -0.1) is 0 Å². The number of hydrogen-bond donors (Lipinski definition) is 3. The summed E-state index contributed by atoms with van der Waals surface area (Å²) >= 11 is 0. The van der Waals surface area contributed by atoms with Crippen LogP contribution in [0, 0.1) is 11.8 Å². The van der Waals surface area contributed by atoms with E-state index < -0.39 is 0 Å². The molecule has 0 aromatic carbocycles. The van der Waals surface area contributed by atoms with Gasteiger partial charge in [0.25, 0.3) is 0 Å². The zero-order chi connectivity index (χ0) is 11.8. The van der Waals surface area contributed by atoms with E-state index in [1.54, 1.807) is 6.92 Å². The second kappa shape index (κ2) is 7.09. The second-order valence-corrected chi connectivity index (χ2v) is 3.86. The van der Waals surface area contributed by atoms with E-state index in [-0.39, 0.29) is 23.6 Å². The molecule has 0 aliphatic carbocycles. The molecule has 15 heavy (non-hydrogen) atoms. The minimum Gasteiger partial charge on any atom is -0.409 e. The summed E-state index contributed by atoms with van der Waals surface area (Å²) in [6, 6.07) is 0. The van der Waals surface area contributed by atoms with E-state index in [1.807, 2.05) is 13.8 Å². The van der Waals surface area contributed by atoms with Crippen LogP contribution in [0.25, 0.3) is 0 Å². The van der Waals surface area contributed by atoms with E-state index in [0.29, 0.717) is 6.54 Å². The third-order valence-electron chi connectivity index (χ3n) is 2.37. The summed E-state index contributed by atoms with van der Waals surface area (Å²) in [5.41, 5.74) is 5.39. The number of nitrogens with one attached hydrogen (secondary N) is 1. The largest absolute Gasteiger partial charge is 0.409 e. The average Bonchev–Trinajstić information content (AvgIpc) is 2.24. The first-order valence-electron chi connectivity index (χ1n) is 5.28. The van der Waals surface area contributed by atoms with Crippen LogP contribution in [0.5, 0.6) is 0 Å². The number of amides is 1. The number of carbonyl (C=O) groups is 1. The number of hydrogen-bond acceptors (Lipinski definition) is 3. The molecular formula is C10H21N3O2. The smallest absolute Gasteiger partial charge is 0.222 e. The molecule has 0 spiro atoms. The highest BCUT2D eigenvalue weighted by atomic mass is 16.4. The van der Waals surface area contributed by atoms with Crippen LogP contribution in [-0.2, 0) is 4.79 Å². The topological polar surface area (TPSA) is 87.7 Å². The van der Waals surface area contributed by atoms with E-state index >= 15 is 0 Å². The van der Waals surface area contributed by atoms with Crippen LogP contribution < -0.4 is 11.1 Å². The fraction of sp³-hybridized carbons (Fsp3) is 0.800. The van der Waals surface area contributed by atoms with Crippen molar-refractivity contribution in [3.63, 3.8) is 0 Å². The number of amidine groups is 1. The van der Waals surface area contributed by atoms with Gasteiger partial charge in [0.2, 0.25) is 5.91 Å². The quantitative estimate of drug-likeness (QED) is 0.266. The van der Waals surface area contributed by atoms with Gasteiger partial charge >= 0.3 is 0 Å². The van der Waals surface area contributed by atoms with Gasteiger partial charge in [0, 0.05) is 18.4 Å². The molecule has 88 valence electrons. The molecule has 2 unspecified atom stereocenters.